The molecular formula is C26H22ClN3O3. The summed E-state index contributed by atoms with van der Waals surface area (Å²) in [7, 11) is 0. The van der Waals surface area contributed by atoms with E-state index in [0.29, 0.717) is 17.0 Å². The van der Waals surface area contributed by atoms with Gasteiger partial charge in [-0.1, -0.05) is 108 Å². The average Bonchev–Trinajstić information content (AvgIpc) is 2.85. The molecule has 1 aliphatic heterocycles. The third kappa shape index (κ3) is 5.35. The highest BCUT2D eigenvalue weighted by molar-refractivity contribution is 6.23. The van der Waals surface area contributed by atoms with Gasteiger partial charge in [-0.15, -0.1) is 10.2 Å². The molecule has 0 spiro atoms. The minimum absolute atomic E-state index is 0.0433. The van der Waals surface area contributed by atoms with Crippen LogP contribution in [-0.4, -0.2) is 34.0 Å². The summed E-state index contributed by atoms with van der Waals surface area (Å²) in [4.78, 5) is 25.8. The van der Waals surface area contributed by atoms with Crippen molar-refractivity contribution in [2.24, 2.45) is 16.1 Å². The number of nitrogens with zero attached hydrogens (tertiary/aromatic N) is 3. The summed E-state index contributed by atoms with van der Waals surface area (Å²) in [5.41, 5.74) is 2.42. The molecule has 166 valence electrons. The molecule has 0 saturated carbocycles. The summed E-state index contributed by atoms with van der Waals surface area (Å²) in [6, 6.07) is 28.0. The predicted molar refractivity (Wildman–Crippen MR) is 128 cm³/mol. The van der Waals surface area contributed by atoms with Gasteiger partial charge in [0.15, 0.2) is 11.3 Å². The van der Waals surface area contributed by atoms with Crippen LogP contribution < -0.4 is 0 Å². The molecule has 3 aromatic carbocycles. The lowest BCUT2D eigenvalue weighted by atomic mass is 9.83. The molecule has 1 aliphatic rings. The fraction of sp³-hybridized carbons (Fsp3) is 0.154. The molecule has 3 aromatic rings. The van der Waals surface area contributed by atoms with E-state index < -0.39 is 17.6 Å². The summed E-state index contributed by atoms with van der Waals surface area (Å²) in [6.45, 7) is 1.54. The first-order chi connectivity index (χ1) is 16.0. The van der Waals surface area contributed by atoms with Gasteiger partial charge < -0.3 is 4.74 Å². The molecule has 0 N–H and O–H groups in total. The van der Waals surface area contributed by atoms with Crippen LogP contribution in [0, 0.1) is 5.92 Å². The number of rotatable bonds is 6. The zero-order chi connectivity index (χ0) is 23.2. The van der Waals surface area contributed by atoms with Crippen LogP contribution in [0.5, 0.6) is 0 Å². The molecular weight excluding hydrogens is 438 g/mol. The minimum Gasteiger partial charge on any atom is -0.427 e. The Hall–Kier alpha value is -3.77. The fourth-order valence-electron chi connectivity index (χ4n) is 3.62. The van der Waals surface area contributed by atoms with Crippen LogP contribution in [0.2, 0.25) is 0 Å². The Morgan fingerprint density at radius 1 is 0.848 bits per heavy atom. The normalized spacial score (nSPS) is 14.8. The van der Waals surface area contributed by atoms with E-state index in [1.807, 2.05) is 78.9 Å². The zero-order valence-electron chi connectivity index (χ0n) is 18.0. The number of ketones is 1. The van der Waals surface area contributed by atoms with Crippen molar-refractivity contribution in [1.82, 2.24) is 5.12 Å². The Kier molecular flexibility index (Phi) is 6.95. The van der Waals surface area contributed by atoms with Gasteiger partial charge in [-0.3, -0.25) is 4.79 Å². The van der Waals surface area contributed by atoms with Crippen molar-refractivity contribution in [2.75, 3.05) is 0 Å². The number of alkyl halides is 1. The van der Waals surface area contributed by atoms with Crippen LogP contribution in [0.4, 0.5) is 4.79 Å². The molecule has 0 fully saturated rings. The lowest BCUT2D eigenvalue weighted by molar-refractivity contribution is 0.0960. The molecule has 33 heavy (non-hydrogen) atoms. The van der Waals surface area contributed by atoms with Crippen molar-refractivity contribution in [3.05, 3.63) is 108 Å². The molecule has 0 saturated heterocycles. The highest BCUT2D eigenvalue weighted by Crippen LogP contribution is 2.27. The van der Waals surface area contributed by atoms with Gasteiger partial charge in [0.25, 0.3) is 0 Å². The lowest BCUT2D eigenvalue weighted by Gasteiger charge is -2.28. The summed E-state index contributed by atoms with van der Waals surface area (Å²) in [6.07, 6.45) is -0.660. The van der Waals surface area contributed by atoms with Crippen LogP contribution in [0.25, 0.3) is 0 Å². The van der Waals surface area contributed by atoms with E-state index in [4.69, 9.17) is 16.3 Å². The van der Waals surface area contributed by atoms with E-state index >= 15 is 0 Å². The highest BCUT2D eigenvalue weighted by atomic mass is 35.5. The van der Waals surface area contributed by atoms with Gasteiger partial charge in [-0.2, -0.15) is 0 Å². The molecule has 4 rings (SSSR count). The molecule has 1 amide bonds. The maximum Gasteiger partial charge on any atom is 0.453 e. The van der Waals surface area contributed by atoms with Gasteiger partial charge in [-0.05, 0) is 18.1 Å². The Bertz CT molecular complexity index is 1120. The number of hydrogen-bond acceptors (Lipinski definition) is 5. The fourth-order valence-corrected chi connectivity index (χ4v) is 3.70. The second-order valence-corrected chi connectivity index (χ2v) is 8.08. The van der Waals surface area contributed by atoms with Gasteiger partial charge in [0.1, 0.15) is 0 Å². The number of hydrazone groups is 2. The third-order valence-corrected chi connectivity index (χ3v) is 5.21. The molecule has 1 heterocycles. The van der Waals surface area contributed by atoms with Crippen molar-refractivity contribution in [3.63, 3.8) is 0 Å². The van der Waals surface area contributed by atoms with Crippen molar-refractivity contribution in [3.8, 4) is 0 Å². The largest absolute Gasteiger partial charge is 0.453 e. The first-order valence-electron chi connectivity index (χ1n) is 10.5. The number of benzene rings is 3. The van der Waals surface area contributed by atoms with E-state index in [1.54, 1.807) is 12.1 Å². The Balaban J connectivity index is 1.81. The maximum atomic E-state index is 13.2. The number of carbonyl (C=O) groups excluding carboxylic acids is 2. The number of carbonyl (C=O) groups is 2. The summed E-state index contributed by atoms with van der Waals surface area (Å²) >= 11 is 5.85. The molecule has 1 atom stereocenters. The average molecular weight is 460 g/mol. The quantitative estimate of drug-likeness (QED) is 0.349. The van der Waals surface area contributed by atoms with Gasteiger partial charge in [0, 0.05) is 12.0 Å². The van der Waals surface area contributed by atoms with Crippen LogP contribution in [0.1, 0.15) is 34.8 Å². The van der Waals surface area contributed by atoms with E-state index in [2.05, 4.69) is 10.2 Å². The molecule has 0 bridgehead atoms. The number of hydrogen-bond donors (Lipinski definition) is 0. The van der Waals surface area contributed by atoms with E-state index in [-0.39, 0.29) is 12.2 Å². The number of Topliss-reactive ketones (excluding diaryl/α,β-unsaturated/α-hetero) is 1. The number of halogens is 1. The number of ether oxygens (including phenoxy) is 1. The predicted octanol–water partition coefficient (Wildman–Crippen LogP) is 5.72. The summed E-state index contributed by atoms with van der Waals surface area (Å²) in [5.74, 6) is -0.516. The van der Waals surface area contributed by atoms with Crippen molar-refractivity contribution in [1.29, 1.82) is 0 Å². The van der Waals surface area contributed by atoms with E-state index in [1.165, 1.54) is 6.92 Å². The van der Waals surface area contributed by atoms with E-state index in [0.717, 1.165) is 16.2 Å². The second kappa shape index (κ2) is 10.2. The minimum atomic E-state index is -0.847. The smallest absolute Gasteiger partial charge is 0.427 e. The lowest BCUT2D eigenvalue weighted by Crippen LogP contribution is -2.38. The van der Waals surface area contributed by atoms with E-state index in [9.17, 15) is 9.59 Å². The summed E-state index contributed by atoms with van der Waals surface area (Å²) in [5, 5.41) is 9.88. The molecule has 0 aliphatic carbocycles. The SMILES string of the molecule is CC(Cl)OC(=O)N1N=C(c2ccccc2)C(CC(=O)c2ccccc2)C(c2ccccc2)=N1. The number of amides is 1. The molecule has 6 nitrogen and oxygen atoms in total. The summed E-state index contributed by atoms with van der Waals surface area (Å²) < 4.78 is 5.12. The van der Waals surface area contributed by atoms with Gasteiger partial charge >= 0.3 is 6.09 Å². The second-order valence-electron chi connectivity index (χ2n) is 7.46. The van der Waals surface area contributed by atoms with Crippen molar-refractivity contribution < 1.29 is 14.3 Å². The standard InChI is InChI=1S/C26H22ClN3O3/c1-18(27)33-26(32)30-28-24(20-13-7-3-8-14-20)22(17-23(31)19-11-5-2-6-12-19)25(29-30)21-15-9-4-10-16-21/h2-16,18,22H,17H2,1H3. The first kappa shape index (κ1) is 22.4. The topological polar surface area (TPSA) is 71.3 Å². The molecule has 1 unspecified atom stereocenters. The molecule has 7 heteroatoms. The van der Waals surface area contributed by atoms with Crippen molar-refractivity contribution in [2.45, 2.75) is 18.9 Å². The highest BCUT2D eigenvalue weighted by Gasteiger charge is 2.34. The Labute approximate surface area is 197 Å². The Morgan fingerprint density at radius 2 is 1.30 bits per heavy atom. The van der Waals surface area contributed by atoms with Crippen LogP contribution in [-0.2, 0) is 4.74 Å². The van der Waals surface area contributed by atoms with Gasteiger partial charge in [0.05, 0.1) is 17.3 Å². The monoisotopic (exact) mass is 459 g/mol. The Morgan fingerprint density at radius 3 is 1.76 bits per heavy atom. The van der Waals surface area contributed by atoms with Crippen LogP contribution >= 0.6 is 11.6 Å². The zero-order valence-corrected chi connectivity index (χ0v) is 18.7. The third-order valence-electron chi connectivity index (χ3n) is 5.12. The van der Waals surface area contributed by atoms with Gasteiger partial charge in [0.2, 0.25) is 0 Å². The maximum absolute atomic E-state index is 13.2. The first-order valence-corrected chi connectivity index (χ1v) is 11.0. The van der Waals surface area contributed by atoms with Crippen molar-refractivity contribution >= 4 is 34.9 Å². The van der Waals surface area contributed by atoms with Crippen LogP contribution in [0.3, 0.4) is 0 Å². The van der Waals surface area contributed by atoms with Gasteiger partial charge in [-0.25, -0.2) is 4.79 Å². The molecule has 0 radical (unpaired) electrons. The molecule has 0 aromatic heterocycles. The van der Waals surface area contributed by atoms with Crippen LogP contribution in [0.15, 0.2) is 101 Å².